The Morgan fingerprint density at radius 1 is 1.19 bits per heavy atom. The van der Waals surface area contributed by atoms with Crippen LogP contribution in [0.2, 0.25) is 0 Å². The summed E-state index contributed by atoms with van der Waals surface area (Å²) < 4.78 is 6.35. The molecule has 1 aliphatic carbocycles. The quantitative estimate of drug-likeness (QED) is 0.820. The number of ether oxygens (including phenoxy) is 1. The average molecular weight is 290 g/mol. The van der Waals surface area contributed by atoms with Gasteiger partial charge in [-0.2, -0.15) is 0 Å². The molecule has 118 valence electrons. The van der Waals surface area contributed by atoms with Gasteiger partial charge < -0.3 is 9.84 Å². The first-order valence-corrected chi connectivity index (χ1v) is 8.50. The minimum absolute atomic E-state index is 0.118. The van der Waals surface area contributed by atoms with Crippen LogP contribution in [0.1, 0.15) is 64.5 Å². The lowest BCUT2D eigenvalue weighted by molar-refractivity contribution is -0.114. The van der Waals surface area contributed by atoms with Crippen molar-refractivity contribution in [3.05, 3.63) is 35.9 Å². The van der Waals surface area contributed by atoms with Gasteiger partial charge in [0.05, 0.1) is 12.2 Å². The highest BCUT2D eigenvalue weighted by atomic mass is 16.5. The minimum atomic E-state index is -0.534. The van der Waals surface area contributed by atoms with Crippen LogP contribution in [0.3, 0.4) is 0 Å². The summed E-state index contributed by atoms with van der Waals surface area (Å²) in [6, 6.07) is 9.90. The number of hydrogen-bond acceptors (Lipinski definition) is 2. The second kappa shape index (κ2) is 7.95. The van der Waals surface area contributed by atoms with E-state index in [1.807, 2.05) is 30.3 Å². The highest BCUT2D eigenvalue weighted by Crippen LogP contribution is 2.33. The largest absolute Gasteiger partial charge is 0.386 e. The second-order valence-electron chi connectivity index (χ2n) is 6.76. The predicted octanol–water partition coefficient (Wildman–Crippen LogP) is 4.73. The van der Waals surface area contributed by atoms with E-state index < -0.39 is 6.10 Å². The molecule has 4 atom stereocenters. The number of hydrogen-bond donors (Lipinski definition) is 1. The normalized spacial score (nSPS) is 25.8. The zero-order valence-electron chi connectivity index (χ0n) is 13.7. The number of aliphatic hydroxyl groups is 1. The number of aliphatic hydroxyl groups excluding tert-OH is 1. The SMILES string of the molecule is CCC1CCCC(OC(C(C)C)C(O)c2ccccc2)C1. The topological polar surface area (TPSA) is 29.5 Å². The van der Waals surface area contributed by atoms with Crippen LogP contribution in [-0.4, -0.2) is 17.3 Å². The van der Waals surface area contributed by atoms with Crippen molar-refractivity contribution in [2.45, 2.75) is 71.2 Å². The lowest BCUT2D eigenvalue weighted by Crippen LogP contribution is -2.34. The summed E-state index contributed by atoms with van der Waals surface area (Å²) in [5.41, 5.74) is 0.957. The fourth-order valence-corrected chi connectivity index (χ4v) is 3.39. The maximum atomic E-state index is 10.7. The van der Waals surface area contributed by atoms with Crippen molar-refractivity contribution in [2.75, 3.05) is 0 Å². The molecule has 0 aromatic heterocycles. The average Bonchev–Trinajstić information content (AvgIpc) is 2.52. The Kier molecular flexibility index (Phi) is 6.25. The maximum absolute atomic E-state index is 10.7. The van der Waals surface area contributed by atoms with Gasteiger partial charge in [0.1, 0.15) is 6.10 Å². The lowest BCUT2D eigenvalue weighted by Gasteiger charge is -2.35. The van der Waals surface area contributed by atoms with Crippen LogP contribution in [0.25, 0.3) is 0 Å². The molecular weight excluding hydrogens is 260 g/mol. The highest BCUT2D eigenvalue weighted by Gasteiger charge is 2.30. The van der Waals surface area contributed by atoms with Crippen LogP contribution >= 0.6 is 0 Å². The van der Waals surface area contributed by atoms with Crippen molar-refractivity contribution >= 4 is 0 Å². The number of benzene rings is 1. The third kappa shape index (κ3) is 4.55. The summed E-state index contributed by atoms with van der Waals surface area (Å²) in [7, 11) is 0. The van der Waals surface area contributed by atoms with E-state index in [1.165, 1.54) is 19.3 Å². The van der Waals surface area contributed by atoms with Crippen molar-refractivity contribution < 1.29 is 9.84 Å². The first kappa shape index (κ1) is 16.5. The van der Waals surface area contributed by atoms with Crippen LogP contribution in [-0.2, 0) is 4.74 Å². The van der Waals surface area contributed by atoms with E-state index in [4.69, 9.17) is 4.74 Å². The predicted molar refractivity (Wildman–Crippen MR) is 87.1 cm³/mol. The zero-order chi connectivity index (χ0) is 15.2. The van der Waals surface area contributed by atoms with E-state index in [-0.39, 0.29) is 6.10 Å². The molecule has 0 radical (unpaired) electrons. The molecule has 0 spiro atoms. The van der Waals surface area contributed by atoms with Gasteiger partial charge in [0.25, 0.3) is 0 Å². The van der Waals surface area contributed by atoms with Gasteiger partial charge in [-0.3, -0.25) is 0 Å². The molecule has 0 amide bonds. The molecule has 0 saturated heterocycles. The third-order valence-corrected chi connectivity index (χ3v) is 4.77. The third-order valence-electron chi connectivity index (χ3n) is 4.77. The van der Waals surface area contributed by atoms with Gasteiger partial charge in [0, 0.05) is 0 Å². The Morgan fingerprint density at radius 3 is 2.52 bits per heavy atom. The molecule has 1 aromatic carbocycles. The van der Waals surface area contributed by atoms with Gasteiger partial charge in [-0.15, -0.1) is 0 Å². The summed E-state index contributed by atoms with van der Waals surface area (Å²) in [6.45, 7) is 6.54. The zero-order valence-corrected chi connectivity index (χ0v) is 13.7. The summed E-state index contributed by atoms with van der Waals surface area (Å²) in [4.78, 5) is 0. The van der Waals surface area contributed by atoms with Crippen LogP contribution in [0.15, 0.2) is 30.3 Å². The van der Waals surface area contributed by atoms with E-state index in [2.05, 4.69) is 20.8 Å². The van der Waals surface area contributed by atoms with Crippen molar-refractivity contribution in [3.63, 3.8) is 0 Å². The van der Waals surface area contributed by atoms with E-state index in [9.17, 15) is 5.11 Å². The number of rotatable bonds is 6. The molecule has 4 unspecified atom stereocenters. The first-order chi connectivity index (χ1) is 10.1. The molecule has 1 fully saturated rings. The Balaban J connectivity index is 2.02. The Labute approximate surface area is 129 Å². The molecule has 1 saturated carbocycles. The van der Waals surface area contributed by atoms with Gasteiger partial charge in [-0.05, 0) is 30.2 Å². The minimum Gasteiger partial charge on any atom is -0.386 e. The Morgan fingerprint density at radius 2 is 1.90 bits per heavy atom. The molecule has 2 rings (SSSR count). The molecule has 1 N–H and O–H groups in total. The summed E-state index contributed by atoms with van der Waals surface area (Å²) in [6.07, 6.45) is 5.80. The van der Waals surface area contributed by atoms with Gasteiger partial charge in [0.2, 0.25) is 0 Å². The Bertz CT molecular complexity index is 401. The van der Waals surface area contributed by atoms with E-state index >= 15 is 0 Å². The van der Waals surface area contributed by atoms with Crippen molar-refractivity contribution in [2.24, 2.45) is 11.8 Å². The molecule has 2 nitrogen and oxygen atoms in total. The molecule has 0 heterocycles. The van der Waals surface area contributed by atoms with E-state index in [1.54, 1.807) is 0 Å². The summed E-state index contributed by atoms with van der Waals surface area (Å²) in [5.74, 6) is 1.10. The van der Waals surface area contributed by atoms with Crippen LogP contribution in [0.5, 0.6) is 0 Å². The summed E-state index contributed by atoms with van der Waals surface area (Å²) >= 11 is 0. The van der Waals surface area contributed by atoms with Crippen molar-refractivity contribution in [1.82, 2.24) is 0 Å². The second-order valence-corrected chi connectivity index (χ2v) is 6.76. The van der Waals surface area contributed by atoms with Crippen LogP contribution in [0, 0.1) is 11.8 Å². The maximum Gasteiger partial charge on any atom is 0.105 e. The monoisotopic (exact) mass is 290 g/mol. The molecule has 0 bridgehead atoms. The fourth-order valence-electron chi connectivity index (χ4n) is 3.39. The van der Waals surface area contributed by atoms with Crippen molar-refractivity contribution in [3.8, 4) is 0 Å². The smallest absolute Gasteiger partial charge is 0.105 e. The lowest BCUT2D eigenvalue weighted by atomic mass is 9.85. The molecule has 1 aromatic rings. The Hall–Kier alpha value is -0.860. The molecular formula is C19H30O2. The standard InChI is InChI=1S/C19H30O2/c1-4-15-9-8-12-17(13-15)21-19(14(2)3)18(20)16-10-6-5-7-11-16/h5-7,10-11,14-15,17-20H,4,8-9,12-13H2,1-3H3. The fraction of sp³-hybridized carbons (Fsp3) is 0.684. The molecule has 1 aliphatic rings. The van der Waals surface area contributed by atoms with Gasteiger partial charge >= 0.3 is 0 Å². The summed E-state index contributed by atoms with van der Waals surface area (Å²) in [5, 5.41) is 10.7. The van der Waals surface area contributed by atoms with E-state index in [0.29, 0.717) is 12.0 Å². The van der Waals surface area contributed by atoms with Crippen LogP contribution in [0.4, 0.5) is 0 Å². The molecule has 21 heavy (non-hydrogen) atoms. The van der Waals surface area contributed by atoms with Gasteiger partial charge in [-0.25, -0.2) is 0 Å². The van der Waals surface area contributed by atoms with Gasteiger partial charge in [0.15, 0.2) is 0 Å². The van der Waals surface area contributed by atoms with E-state index in [0.717, 1.165) is 24.3 Å². The van der Waals surface area contributed by atoms with Gasteiger partial charge in [-0.1, -0.05) is 70.4 Å². The van der Waals surface area contributed by atoms with Crippen molar-refractivity contribution in [1.29, 1.82) is 0 Å². The highest BCUT2D eigenvalue weighted by molar-refractivity contribution is 5.18. The first-order valence-electron chi connectivity index (χ1n) is 8.50. The molecule has 2 heteroatoms. The molecule has 0 aliphatic heterocycles. The van der Waals surface area contributed by atoms with Crippen LogP contribution < -0.4 is 0 Å².